The Labute approximate surface area is 223 Å². The molecule has 0 spiro atoms. The van der Waals surface area contributed by atoms with Crippen molar-refractivity contribution in [2.24, 2.45) is 0 Å². The SMILES string of the molecule is O=C1OC(C2OS(=O)(=O)OC2C2COS(=O)(=O)O2)C(C2OC(=O)OC2C2OS(=O)(=O)OC2C2COS(=O)(=O)O2)O1. The van der Waals surface area contributed by atoms with E-state index in [1.165, 1.54) is 0 Å². The van der Waals surface area contributed by atoms with E-state index in [0.717, 1.165) is 0 Å². The molecule has 10 unspecified atom stereocenters. The third kappa shape index (κ3) is 5.22. The van der Waals surface area contributed by atoms with Gasteiger partial charge in [0.1, 0.15) is 24.4 Å². The highest BCUT2D eigenvalue weighted by Crippen LogP contribution is 2.41. The molecule has 0 aliphatic carbocycles. The molecule has 40 heavy (non-hydrogen) atoms. The summed E-state index contributed by atoms with van der Waals surface area (Å²) in [7, 11) is -18.7. The monoisotopic (exact) mass is 662 g/mol. The second-order valence-electron chi connectivity index (χ2n) is 8.54. The van der Waals surface area contributed by atoms with Crippen molar-refractivity contribution in [2.45, 2.75) is 61.0 Å². The van der Waals surface area contributed by atoms with Crippen LogP contribution in [0.2, 0.25) is 0 Å². The van der Waals surface area contributed by atoms with Crippen LogP contribution in [0.15, 0.2) is 0 Å². The molecule has 22 nitrogen and oxygen atoms in total. The molecular formula is C14H14O22S4. The Hall–Kier alpha value is -1.98. The molecule has 0 amide bonds. The average Bonchev–Trinajstić information content (AvgIpc) is 3.63. The minimum absolute atomic E-state index is 0.724. The number of hydrogen-bond acceptors (Lipinski definition) is 22. The normalized spacial score (nSPS) is 46.5. The summed E-state index contributed by atoms with van der Waals surface area (Å²) < 4.78 is 152. The van der Waals surface area contributed by atoms with Crippen molar-refractivity contribution in [1.82, 2.24) is 0 Å². The van der Waals surface area contributed by atoms with Gasteiger partial charge in [0, 0.05) is 0 Å². The molecule has 6 fully saturated rings. The number of rotatable bonds is 5. The van der Waals surface area contributed by atoms with E-state index >= 15 is 0 Å². The van der Waals surface area contributed by atoms with Crippen LogP contribution >= 0.6 is 0 Å². The highest BCUT2D eigenvalue weighted by Gasteiger charge is 2.65. The largest absolute Gasteiger partial charge is 0.509 e. The predicted octanol–water partition coefficient (Wildman–Crippen LogP) is -3.83. The third-order valence-electron chi connectivity index (χ3n) is 6.08. The summed E-state index contributed by atoms with van der Waals surface area (Å²) in [5, 5.41) is 0. The Bertz CT molecular complexity index is 1420. The Morgan fingerprint density at radius 1 is 0.400 bits per heavy atom. The second kappa shape index (κ2) is 9.26. The van der Waals surface area contributed by atoms with Crippen molar-refractivity contribution in [1.29, 1.82) is 0 Å². The molecule has 0 radical (unpaired) electrons. The van der Waals surface area contributed by atoms with Crippen molar-refractivity contribution in [2.75, 3.05) is 13.2 Å². The van der Waals surface area contributed by atoms with Crippen LogP contribution in [0.3, 0.4) is 0 Å². The summed E-state index contributed by atoms with van der Waals surface area (Å²) in [6, 6.07) is 0. The number of carbonyl (C=O) groups excluding carboxylic acids is 2. The Balaban J connectivity index is 1.30. The van der Waals surface area contributed by atoms with Gasteiger partial charge in [-0.3, -0.25) is 0 Å². The number of carbonyl (C=O) groups is 2. The first-order valence-corrected chi connectivity index (χ1v) is 16.0. The molecule has 226 valence electrons. The molecule has 6 heterocycles. The van der Waals surface area contributed by atoms with Gasteiger partial charge in [0.05, 0.1) is 13.2 Å². The summed E-state index contributed by atoms with van der Waals surface area (Å²) in [6.45, 7) is -1.45. The first kappa shape index (κ1) is 28.2. The first-order valence-electron chi connectivity index (χ1n) is 10.6. The smallest absolute Gasteiger partial charge is 0.424 e. The van der Waals surface area contributed by atoms with Gasteiger partial charge in [-0.05, 0) is 0 Å². The molecular weight excluding hydrogens is 648 g/mol. The van der Waals surface area contributed by atoms with E-state index in [1.54, 1.807) is 0 Å². The van der Waals surface area contributed by atoms with E-state index in [4.69, 9.17) is 35.7 Å². The van der Waals surface area contributed by atoms with Crippen molar-refractivity contribution >= 4 is 53.9 Å². The van der Waals surface area contributed by atoms with Gasteiger partial charge in [0.25, 0.3) is 0 Å². The van der Waals surface area contributed by atoms with Crippen molar-refractivity contribution in [3.8, 4) is 0 Å². The quantitative estimate of drug-likeness (QED) is 0.255. The van der Waals surface area contributed by atoms with Crippen LogP contribution in [-0.2, 0) is 94.0 Å². The Kier molecular flexibility index (Phi) is 6.52. The maximum absolute atomic E-state index is 12.1. The van der Waals surface area contributed by atoms with Crippen LogP contribution in [0.5, 0.6) is 0 Å². The lowest BCUT2D eigenvalue weighted by molar-refractivity contribution is -0.0752. The van der Waals surface area contributed by atoms with E-state index in [-0.39, 0.29) is 0 Å². The first-order chi connectivity index (χ1) is 18.5. The molecule has 0 saturated carbocycles. The number of ether oxygens (including phenoxy) is 4. The van der Waals surface area contributed by atoms with Crippen LogP contribution in [-0.4, -0.2) is 120 Å². The standard InChI is InChI=1S/C14H14O22S4/c15-13-27-7(9(29-13)11-5(33-39(21,22)35-11)3-1-25-37(17,18)31-3)8-10(30-14(16)28-8)12-6(34-40(23,24)36-12)4-2-26-38(19,20)32-4/h3-12H,1-2H2. The van der Waals surface area contributed by atoms with Crippen LogP contribution in [0, 0.1) is 0 Å². The van der Waals surface area contributed by atoms with E-state index in [1.807, 2.05) is 0 Å². The molecule has 10 atom stereocenters. The molecule has 6 rings (SSSR count). The third-order valence-corrected chi connectivity index (χ3v) is 9.73. The molecule has 0 aromatic carbocycles. The number of hydrogen-bond donors (Lipinski definition) is 0. The lowest BCUT2D eigenvalue weighted by atomic mass is 9.91. The minimum Gasteiger partial charge on any atom is -0.424 e. The van der Waals surface area contributed by atoms with Crippen molar-refractivity contribution in [3.05, 3.63) is 0 Å². The van der Waals surface area contributed by atoms with Crippen molar-refractivity contribution < 1.29 is 95.7 Å². The molecule has 0 aromatic rings. The maximum Gasteiger partial charge on any atom is 0.509 e. The van der Waals surface area contributed by atoms with Crippen molar-refractivity contribution in [3.63, 3.8) is 0 Å². The van der Waals surface area contributed by atoms with E-state index in [2.05, 4.69) is 16.7 Å². The van der Waals surface area contributed by atoms with E-state index in [0.29, 0.717) is 0 Å². The zero-order chi connectivity index (χ0) is 28.8. The summed E-state index contributed by atoms with van der Waals surface area (Å²) in [6.07, 6.45) is -20.9. The lowest BCUT2D eigenvalue weighted by Crippen LogP contribution is -2.55. The molecule has 26 heteroatoms. The maximum atomic E-state index is 12.1. The fourth-order valence-corrected chi connectivity index (χ4v) is 8.37. The second-order valence-corrected chi connectivity index (χ2v) is 13.4. The number of cyclic esters (lactones) is 4. The van der Waals surface area contributed by atoms with Crippen LogP contribution in [0.25, 0.3) is 0 Å². The van der Waals surface area contributed by atoms with Gasteiger partial charge >= 0.3 is 53.9 Å². The fraction of sp³-hybridized carbons (Fsp3) is 0.857. The minimum atomic E-state index is -4.83. The van der Waals surface area contributed by atoms with Crippen LogP contribution < -0.4 is 0 Å². The van der Waals surface area contributed by atoms with Gasteiger partial charge < -0.3 is 18.9 Å². The van der Waals surface area contributed by atoms with Gasteiger partial charge in [-0.2, -0.15) is 33.7 Å². The molecule has 0 aromatic heterocycles. The predicted molar refractivity (Wildman–Crippen MR) is 107 cm³/mol. The molecule has 6 aliphatic rings. The summed E-state index contributed by atoms with van der Waals surface area (Å²) in [4.78, 5) is 24.3. The zero-order valence-electron chi connectivity index (χ0n) is 18.8. The van der Waals surface area contributed by atoms with Gasteiger partial charge in [-0.25, -0.2) is 43.1 Å². The van der Waals surface area contributed by atoms with Crippen LogP contribution in [0.4, 0.5) is 9.59 Å². The molecule has 6 aliphatic heterocycles. The molecule has 0 bridgehead atoms. The van der Waals surface area contributed by atoms with Gasteiger partial charge in [0.15, 0.2) is 36.6 Å². The molecule has 6 saturated heterocycles. The van der Waals surface area contributed by atoms with E-state index in [9.17, 15) is 43.3 Å². The summed E-state index contributed by atoms with van der Waals surface area (Å²) in [5.74, 6) is 0. The highest BCUT2D eigenvalue weighted by molar-refractivity contribution is 7.83. The summed E-state index contributed by atoms with van der Waals surface area (Å²) >= 11 is 0. The van der Waals surface area contributed by atoms with Gasteiger partial charge in [-0.15, -0.1) is 0 Å². The average molecular weight is 663 g/mol. The lowest BCUT2D eigenvalue weighted by Gasteiger charge is -2.29. The fourth-order valence-electron chi connectivity index (χ4n) is 4.64. The van der Waals surface area contributed by atoms with E-state index < -0.39 is 128 Å². The topological polar surface area (TPSA) is 281 Å². The Morgan fingerprint density at radius 3 is 1.00 bits per heavy atom. The van der Waals surface area contributed by atoms with Crippen LogP contribution in [0.1, 0.15) is 0 Å². The Morgan fingerprint density at radius 2 is 0.700 bits per heavy atom. The van der Waals surface area contributed by atoms with Gasteiger partial charge in [-0.1, -0.05) is 0 Å². The van der Waals surface area contributed by atoms with Gasteiger partial charge in [0.2, 0.25) is 0 Å². The molecule has 0 N–H and O–H groups in total. The zero-order valence-corrected chi connectivity index (χ0v) is 22.1. The highest BCUT2D eigenvalue weighted by atomic mass is 32.3. The summed E-state index contributed by atoms with van der Waals surface area (Å²) in [5.41, 5.74) is 0.